The van der Waals surface area contributed by atoms with Gasteiger partial charge in [0.1, 0.15) is 13.2 Å². The fraction of sp³-hybridized carbons (Fsp3) is 0.716. The van der Waals surface area contributed by atoms with Gasteiger partial charge in [0.15, 0.2) is 6.10 Å². The topological polar surface area (TPSA) is 78.9 Å². The van der Waals surface area contributed by atoms with Crippen LogP contribution in [0.1, 0.15) is 323 Å². The lowest BCUT2D eigenvalue weighted by atomic mass is 10.0. The standard InChI is InChI=1S/C74H126O6/c1-4-7-10-13-16-19-22-25-28-30-31-32-33-34-35-36-37-38-39-40-41-42-43-45-46-49-52-55-58-61-64-67-73(76)79-70-71(69-78-72(75)66-63-60-57-54-51-48-27-24-21-18-15-12-9-6-3)80-74(77)68-65-62-59-56-53-50-47-44-29-26-23-20-17-14-11-8-5-2/h7-8,10-11,16-17,19-20,25-26,28-29,31-32,47,50,56,59,71H,4-6,9,12-15,18,21-24,27,30,33-46,48-49,51-55,57-58,60-70H2,1-3H3/b10-7-,11-8-,19-16-,20-17-,28-25-,29-26-,32-31-,50-47-,59-56-. The van der Waals surface area contributed by atoms with Crippen molar-refractivity contribution >= 4 is 17.9 Å². The average molecular weight is 1110 g/mol. The molecule has 0 bridgehead atoms. The van der Waals surface area contributed by atoms with E-state index in [1.807, 2.05) is 0 Å². The molecule has 0 heterocycles. The summed E-state index contributed by atoms with van der Waals surface area (Å²) in [6, 6.07) is 0. The van der Waals surface area contributed by atoms with Crippen molar-refractivity contribution in [3.8, 4) is 0 Å². The Hall–Kier alpha value is -3.93. The third-order valence-electron chi connectivity index (χ3n) is 14.5. The SMILES string of the molecule is CC/C=C\C/C=C\C/C=C\C/C=C\C/C=C\CCCC(=O)OC(COC(=O)CCCCCCCCCCCCCCCC)COC(=O)CCCCCCCCCCCCCCCCCCCC/C=C\C/C=C\C/C=C\C/C=C\CC. The van der Waals surface area contributed by atoms with Gasteiger partial charge in [-0.05, 0) is 96.3 Å². The number of esters is 3. The number of allylic oxidation sites excluding steroid dienone is 18. The second-order valence-electron chi connectivity index (χ2n) is 22.3. The van der Waals surface area contributed by atoms with E-state index >= 15 is 0 Å². The van der Waals surface area contributed by atoms with E-state index in [-0.39, 0.29) is 37.5 Å². The van der Waals surface area contributed by atoms with Gasteiger partial charge in [-0.1, -0.05) is 316 Å². The first-order valence-corrected chi connectivity index (χ1v) is 33.9. The minimum Gasteiger partial charge on any atom is -0.462 e. The summed E-state index contributed by atoms with van der Waals surface area (Å²) >= 11 is 0. The third-order valence-corrected chi connectivity index (χ3v) is 14.5. The van der Waals surface area contributed by atoms with E-state index in [1.54, 1.807) is 0 Å². The Morgan fingerprint density at radius 2 is 0.500 bits per heavy atom. The first kappa shape index (κ1) is 76.1. The maximum Gasteiger partial charge on any atom is 0.306 e. The maximum atomic E-state index is 12.9. The fourth-order valence-electron chi connectivity index (χ4n) is 9.53. The van der Waals surface area contributed by atoms with E-state index in [9.17, 15) is 14.4 Å². The Bertz CT molecular complexity index is 1610. The smallest absolute Gasteiger partial charge is 0.306 e. The molecule has 0 fully saturated rings. The molecule has 80 heavy (non-hydrogen) atoms. The number of carbonyl (C=O) groups excluding carboxylic acids is 3. The lowest BCUT2D eigenvalue weighted by Gasteiger charge is -2.18. The lowest BCUT2D eigenvalue weighted by molar-refractivity contribution is -0.167. The van der Waals surface area contributed by atoms with Gasteiger partial charge in [0, 0.05) is 19.3 Å². The van der Waals surface area contributed by atoms with E-state index in [4.69, 9.17) is 14.2 Å². The summed E-state index contributed by atoms with van der Waals surface area (Å²) in [6.45, 7) is 6.40. The van der Waals surface area contributed by atoms with Crippen LogP contribution in [-0.4, -0.2) is 37.2 Å². The van der Waals surface area contributed by atoms with Crippen LogP contribution in [0, 0.1) is 0 Å². The van der Waals surface area contributed by atoms with E-state index in [0.29, 0.717) is 19.3 Å². The van der Waals surface area contributed by atoms with Gasteiger partial charge < -0.3 is 14.2 Å². The van der Waals surface area contributed by atoms with Crippen LogP contribution in [0.5, 0.6) is 0 Å². The highest BCUT2D eigenvalue weighted by molar-refractivity contribution is 5.71. The monoisotopic (exact) mass is 1110 g/mol. The molecule has 0 aliphatic rings. The van der Waals surface area contributed by atoms with Crippen molar-refractivity contribution in [1.82, 2.24) is 0 Å². The minimum atomic E-state index is -0.807. The molecule has 6 heteroatoms. The molecule has 458 valence electrons. The van der Waals surface area contributed by atoms with Gasteiger partial charge in [-0.25, -0.2) is 0 Å². The average Bonchev–Trinajstić information content (AvgIpc) is 3.46. The molecule has 0 aliphatic carbocycles. The molecule has 0 radical (unpaired) electrons. The molecule has 0 aromatic carbocycles. The zero-order valence-corrected chi connectivity index (χ0v) is 52.6. The number of hydrogen-bond acceptors (Lipinski definition) is 6. The number of hydrogen-bond donors (Lipinski definition) is 0. The van der Waals surface area contributed by atoms with Crippen LogP contribution in [0.15, 0.2) is 109 Å². The van der Waals surface area contributed by atoms with Gasteiger partial charge in [-0.15, -0.1) is 0 Å². The minimum absolute atomic E-state index is 0.0967. The van der Waals surface area contributed by atoms with Crippen molar-refractivity contribution < 1.29 is 28.6 Å². The van der Waals surface area contributed by atoms with Crippen LogP contribution in [0.4, 0.5) is 0 Å². The molecular formula is C74H126O6. The summed E-state index contributed by atoms with van der Waals surface area (Å²) in [6.07, 6.45) is 92.7. The second-order valence-corrected chi connectivity index (χ2v) is 22.3. The normalized spacial score (nSPS) is 12.8. The molecule has 1 unspecified atom stereocenters. The number of rotatable bonds is 61. The predicted octanol–water partition coefficient (Wildman–Crippen LogP) is 23.4. The Morgan fingerprint density at radius 3 is 0.800 bits per heavy atom. The van der Waals surface area contributed by atoms with Crippen LogP contribution < -0.4 is 0 Å². The molecule has 0 rings (SSSR count). The van der Waals surface area contributed by atoms with Gasteiger partial charge in [-0.3, -0.25) is 14.4 Å². The largest absolute Gasteiger partial charge is 0.462 e. The fourth-order valence-corrected chi connectivity index (χ4v) is 9.53. The molecule has 0 saturated carbocycles. The number of carbonyl (C=O) groups is 3. The summed E-state index contributed by atoms with van der Waals surface area (Å²) in [4.78, 5) is 38.3. The van der Waals surface area contributed by atoms with Crippen LogP contribution in [0.25, 0.3) is 0 Å². The van der Waals surface area contributed by atoms with Crippen molar-refractivity contribution in [2.24, 2.45) is 0 Å². The van der Waals surface area contributed by atoms with E-state index in [1.165, 1.54) is 173 Å². The van der Waals surface area contributed by atoms with E-state index in [0.717, 1.165) is 103 Å². The van der Waals surface area contributed by atoms with Crippen LogP contribution in [0.3, 0.4) is 0 Å². The molecule has 0 amide bonds. The van der Waals surface area contributed by atoms with Gasteiger partial charge >= 0.3 is 17.9 Å². The highest BCUT2D eigenvalue weighted by atomic mass is 16.6. The zero-order chi connectivity index (χ0) is 57.8. The molecule has 0 aromatic heterocycles. The van der Waals surface area contributed by atoms with Crippen LogP contribution in [0.2, 0.25) is 0 Å². The third kappa shape index (κ3) is 64.9. The molecule has 0 spiro atoms. The summed E-state index contributed by atoms with van der Waals surface area (Å²) in [5.41, 5.74) is 0. The predicted molar refractivity (Wildman–Crippen MR) is 348 cm³/mol. The Morgan fingerprint density at radius 1 is 0.263 bits per heavy atom. The van der Waals surface area contributed by atoms with Gasteiger partial charge in [0.25, 0.3) is 0 Å². The first-order chi connectivity index (χ1) is 39.5. The quantitative estimate of drug-likeness (QED) is 0.0261. The summed E-state index contributed by atoms with van der Waals surface area (Å²) in [5.74, 6) is -0.942. The highest BCUT2D eigenvalue weighted by Gasteiger charge is 2.19. The molecule has 6 nitrogen and oxygen atoms in total. The van der Waals surface area contributed by atoms with Crippen LogP contribution >= 0.6 is 0 Å². The summed E-state index contributed by atoms with van der Waals surface area (Å²) in [5, 5.41) is 0. The van der Waals surface area contributed by atoms with E-state index in [2.05, 4.69) is 130 Å². The first-order valence-electron chi connectivity index (χ1n) is 33.9. The van der Waals surface area contributed by atoms with Gasteiger partial charge in [-0.2, -0.15) is 0 Å². The van der Waals surface area contributed by atoms with Crippen molar-refractivity contribution in [2.75, 3.05) is 13.2 Å². The molecule has 0 N–H and O–H groups in total. The zero-order valence-electron chi connectivity index (χ0n) is 52.6. The van der Waals surface area contributed by atoms with Crippen molar-refractivity contribution in [1.29, 1.82) is 0 Å². The lowest BCUT2D eigenvalue weighted by Crippen LogP contribution is -2.30. The maximum absolute atomic E-state index is 12.9. The summed E-state index contributed by atoms with van der Waals surface area (Å²) in [7, 11) is 0. The summed E-state index contributed by atoms with van der Waals surface area (Å²) < 4.78 is 16.9. The Kier molecular flexibility index (Phi) is 64.3. The molecule has 0 aromatic rings. The van der Waals surface area contributed by atoms with E-state index < -0.39 is 6.10 Å². The second kappa shape index (κ2) is 67.6. The number of unbranched alkanes of at least 4 members (excludes halogenated alkanes) is 32. The van der Waals surface area contributed by atoms with Crippen molar-refractivity contribution in [3.63, 3.8) is 0 Å². The molecule has 1 atom stereocenters. The van der Waals surface area contributed by atoms with Crippen molar-refractivity contribution in [2.45, 2.75) is 329 Å². The Balaban J connectivity index is 4.25. The van der Waals surface area contributed by atoms with Gasteiger partial charge in [0.2, 0.25) is 0 Å². The van der Waals surface area contributed by atoms with Crippen LogP contribution in [-0.2, 0) is 28.6 Å². The number of ether oxygens (including phenoxy) is 3. The Labute approximate surface area is 495 Å². The molecular weight excluding hydrogens is 985 g/mol. The molecule has 0 saturated heterocycles. The highest BCUT2D eigenvalue weighted by Crippen LogP contribution is 2.17. The van der Waals surface area contributed by atoms with Crippen molar-refractivity contribution in [3.05, 3.63) is 109 Å². The molecule has 0 aliphatic heterocycles. The van der Waals surface area contributed by atoms with Gasteiger partial charge in [0.05, 0.1) is 0 Å².